The normalized spacial score (nSPS) is 10.2. The second kappa shape index (κ2) is 3.49. The van der Waals surface area contributed by atoms with E-state index in [0.717, 1.165) is 6.07 Å². The lowest BCUT2D eigenvalue weighted by Crippen LogP contribution is -1.93. The number of nitro groups is 1. The van der Waals surface area contributed by atoms with Crippen LogP contribution in [0.15, 0.2) is 30.5 Å². The SMILES string of the molecule is O=[N+]([O-])c1cc(F)ccc1-c1ccn[nH]1. The van der Waals surface area contributed by atoms with Gasteiger partial charge in [-0.1, -0.05) is 0 Å². The number of nitro benzene ring substituents is 1. The van der Waals surface area contributed by atoms with Gasteiger partial charge in [-0.15, -0.1) is 0 Å². The first kappa shape index (κ1) is 9.32. The molecule has 0 atom stereocenters. The minimum absolute atomic E-state index is 0.278. The van der Waals surface area contributed by atoms with Crippen molar-refractivity contribution in [1.82, 2.24) is 10.2 Å². The monoisotopic (exact) mass is 207 g/mol. The zero-order valence-electron chi connectivity index (χ0n) is 7.48. The number of H-pyrrole nitrogens is 1. The summed E-state index contributed by atoms with van der Waals surface area (Å²) in [5.41, 5.74) is 0.528. The molecule has 0 unspecified atom stereocenters. The number of nitrogens with zero attached hydrogens (tertiary/aromatic N) is 2. The molecule has 76 valence electrons. The van der Waals surface area contributed by atoms with Gasteiger partial charge in [-0.25, -0.2) is 4.39 Å². The van der Waals surface area contributed by atoms with Crippen molar-refractivity contribution in [3.63, 3.8) is 0 Å². The van der Waals surface area contributed by atoms with Crippen LogP contribution >= 0.6 is 0 Å². The molecule has 1 N–H and O–H groups in total. The zero-order chi connectivity index (χ0) is 10.8. The molecule has 1 heterocycles. The lowest BCUT2D eigenvalue weighted by Gasteiger charge is -1.99. The first-order chi connectivity index (χ1) is 7.18. The van der Waals surface area contributed by atoms with Crippen LogP contribution in [-0.2, 0) is 0 Å². The maximum absolute atomic E-state index is 12.8. The second-order valence-corrected chi connectivity index (χ2v) is 2.89. The van der Waals surface area contributed by atoms with Crippen LogP contribution in [-0.4, -0.2) is 15.1 Å². The predicted octanol–water partition coefficient (Wildman–Crippen LogP) is 2.12. The third-order valence-corrected chi connectivity index (χ3v) is 1.95. The number of rotatable bonds is 2. The molecule has 15 heavy (non-hydrogen) atoms. The maximum Gasteiger partial charge on any atom is 0.281 e. The Morgan fingerprint density at radius 3 is 2.80 bits per heavy atom. The Hall–Kier alpha value is -2.24. The van der Waals surface area contributed by atoms with Crippen molar-refractivity contribution in [1.29, 1.82) is 0 Å². The molecule has 0 aliphatic carbocycles. The fraction of sp³-hybridized carbons (Fsp3) is 0. The first-order valence-corrected chi connectivity index (χ1v) is 4.12. The van der Waals surface area contributed by atoms with Gasteiger partial charge in [-0.2, -0.15) is 5.10 Å². The number of aromatic amines is 1. The van der Waals surface area contributed by atoms with E-state index < -0.39 is 10.7 Å². The molecule has 0 amide bonds. The van der Waals surface area contributed by atoms with Crippen molar-refractivity contribution in [3.05, 3.63) is 46.4 Å². The summed E-state index contributed by atoms with van der Waals surface area (Å²) >= 11 is 0. The van der Waals surface area contributed by atoms with Gasteiger partial charge in [0.2, 0.25) is 0 Å². The Bertz CT molecular complexity index is 496. The van der Waals surface area contributed by atoms with Gasteiger partial charge in [0.25, 0.3) is 5.69 Å². The molecule has 0 saturated carbocycles. The number of benzene rings is 1. The Morgan fingerprint density at radius 1 is 1.40 bits per heavy atom. The van der Waals surface area contributed by atoms with Gasteiger partial charge in [0.1, 0.15) is 5.82 Å². The van der Waals surface area contributed by atoms with E-state index in [9.17, 15) is 14.5 Å². The summed E-state index contributed by atoms with van der Waals surface area (Å²) < 4.78 is 12.8. The maximum atomic E-state index is 12.8. The van der Waals surface area contributed by atoms with Crippen molar-refractivity contribution >= 4 is 5.69 Å². The van der Waals surface area contributed by atoms with Crippen LogP contribution in [0.1, 0.15) is 0 Å². The molecule has 0 fully saturated rings. The molecule has 5 nitrogen and oxygen atoms in total. The van der Waals surface area contributed by atoms with E-state index in [-0.39, 0.29) is 5.69 Å². The molecular weight excluding hydrogens is 201 g/mol. The second-order valence-electron chi connectivity index (χ2n) is 2.89. The average molecular weight is 207 g/mol. The van der Waals surface area contributed by atoms with Crippen LogP contribution in [0.5, 0.6) is 0 Å². The standard InChI is InChI=1S/C9H6FN3O2/c10-6-1-2-7(8-3-4-11-12-8)9(5-6)13(14)15/h1-5H,(H,11,12). The highest BCUT2D eigenvalue weighted by Crippen LogP contribution is 2.28. The molecule has 0 radical (unpaired) electrons. The summed E-state index contributed by atoms with van der Waals surface area (Å²) in [7, 11) is 0. The third kappa shape index (κ3) is 1.69. The van der Waals surface area contributed by atoms with Gasteiger partial charge in [-0.3, -0.25) is 15.2 Å². The van der Waals surface area contributed by atoms with Crippen LogP contribution in [0.25, 0.3) is 11.3 Å². The van der Waals surface area contributed by atoms with Crippen LogP contribution < -0.4 is 0 Å². The highest BCUT2D eigenvalue weighted by atomic mass is 19.1. The lowest BCUT2D eigenvalue weighted by atomic mass is 10.1. The summed E-state index contributed by atoms with van der Waals surface area (Å²) in [6.07, 6.45) is 1.47. The Morgan fingerprint density at radius 2 is 2.20 bits per heavy atom. The summed E-state index contributed by atoms with van der Waals surface area (Å²) in [6.45, 7) is 0. The summed E-state index contributed by atoms with van der Waals surface area (Å²) in [5, 5.41) is 16.9. The van der Waals surface area contributed by atoms with Crippen molar-refractivity contribution < 1.29 is 9.31 Å². The highest BCUT2D eigenvalue weighted by Gasteiger charge is 2.16. The largest absolute Gasteiger partial charge is 0.281 e. The predicted molar refractivity (Wildman–Crippen MR) is 50.6 cm³/mol. The van der Waals surface area contributed by atoms with E-state index in [2.05, 4.69) is 10.2 Å². The number of nitrogens with one attached hydrogen (secondary N) is 1. The molecular formula is C9H6FN3O2. The van der Waals surface area contributed by atoms with E-state index in [4.69, 9.17) is 0 Å². The molecule has 0 aliphatic rings. The molecule has 0 aliphatic heterocycles. The van der Waals surface area contributed by atoms with Gasteiger partial charge in [-0.05, 0) is 18.2 Å². The quantitative estimate of drug-likeness (QED) is 0.605. The molecule has 0 spiro atoms. The summed E-state index contributed by atoms with van der Waals surface area (Å²) in [5.74, 6) is -0.634. The molecule has 0 bridgehead atoms. The smallest absolute Gasteiger partial charge is 0.278 e. The molecule has 1 aromatic heterocycles. The van der Waals surface area contributed by atoms with Crippen molar-refractivity contribution in [2.24, 2.45) is 0 Å². The highest BCUT2D eigenvalue weighted by molar-refractivity contribution is 5.70. The Labute approximate surface area is 83.7 Å². The number of aromatic nitrogens is 2. The molecule has 2 rings (SSSR count). The molecule has 1 aromatic carbocycles. The molecule has 2 aromatic rings. The Balaban J connectivity index is 2.61. The minimum atomic E-state index is -0.634. The van der Waals surface area contributed by atoms with Gasteiger partial charge in [0, 0.05) is 6.20 Å². The zero-order valence-corrected chi connectivity index (χ0v) is 7.48. The van der Waals surface area contributed by atoms with E-state index in [1.165, 1.54) is 18.3 Å². The van der Waals surface area contributed by atoms with E-state index in [1.54, 1.807) is 6.07 Å². The van der Waals surface area contributed by atoms with E-state index in [1.807, 2.05) is 0 Å². The molecule has 0 saturated heterocycles. The Kier molecular flexibility index (Phi) is 2.17. The molecule has 6 heteroatoms. The van der Waals surface area contributed by atoms with E-state index >= 15 is 0 Å². The average Bonchev–Trinajstić information content (AvgIpc) is 2.70. The van der Waals surface area contributed by atoms with Crippen molar-refractivity contribution in [3.8, 4) is 11.3 Å². The summed E-state index contributed by atoms with van der Waals surface area (Å²) in [4.78, 5) is 10.0. The summed E-state index contributed by atoms with van der Waals surface area (Å²) in [6, 6.07) is 4.99. The van der Waals surface area contributed by atoms with Gasteiger partial charge in [0.05, 0.1) is 22.2 Å². The number of halogens is 1. The van der Waals surface area contributed by atoms with Crippen LogP contribution in [0, 0.1) is 15.9 Å². The van der Waals surface area contributed by atoms with Crippen LogP contribution in [0.4, 0.5) is 10.1 Å². The van der Waals surface area contributed by atoms with Gasteiger partial charge >= 0.3 is 0 Å². The topological polar surface area (TPSA) is 71.8 Å². The third-order valence-electron chi connectivity index (χ3n) is 1.95. The fourth-order valence-electron chi connectivity index (χ4n) is 1.29. The number of hydrogen-bond donors (Lipinski definition) is 1. The fourth-order valence-corrected chi connectivity index (χ4v) is 1.29. The minimum Gasteiger partial charge on any atom is -0.278 e. The van der Waals surface area contributed by atoms with Crippen LogP contribution in [0.2, 0.25) is 0 Å². The first-order valence-electron chi connectivity index (χ1n) is 4.12. The van der Waals surface area contributed by atoms with Crippen molar-refractivity contribution in [2.45, 2.75) is 0 Å². The van der Waals surface area contributed by atoms with Gasteiger partial charge < -0.3 is 0 Å². The van der Waals surface area contributed by atoms with Crippen LogP contribution in [0.3, 0.4) is 0 Å². The van der Waals surface area contributed by atoms with Gasteiger partial charge in [0.15, 0.2) is 0 Å². The lowest BCUT2D eigenvalue weighted by molar-refractivity contribution is -0.384. The van der Waals surface area contributed by atoms with Crippen molar-refractivity contribution in [2.75, 3.05) is 0 Å². The number of hydrogen-bond acceptors (Lipinski definition) is 3. The van der Waals surface area contributed by atoms with E-state index in [0.29, 0.717) is 11.3 Å².